The van der Waals surface area contributed by atoms with Crippen LogP contribution in [0.3, 0.4) is 0 Å². The minimum absolute atomic E-state index is 0.859. The fourth-order valence-corrected chi connectivity index (χ4v) is 9.31. The van der Waals surface area contributed by atoms with Crippen molar-refractivity contribution >= 4 is 26.3 Å². The van der Waals surface area contributed by atoms with Crippen LogP contribution in [0.15, 0.2) is 0 Å². The molecule has 11 heavy (non-hydrogen) atoms. The van der Waals surface area contributed by atoms with E-state index in [0.717, 1.165) is 5.75 Å². The van der Waals surface area contributed by atoms with Crippen LogP contribution in [0.2, 0.25) is 19.6 Å². The molecule has 2 nitrogen and oxygen atoms in total. The van der Waals surface area contributed by atoms with E-state index >= 15 is 0 Å². The van der Waals surface area contributed by atoms with E-state index in [0.29, 0.717) is 0 Å². The third-order valence-electron chi connectivity index (χ3n) is 0.803. The molecule has 0 N–H and O–H groups in total. The Hall–Kier alpha value is 0.757. The first-order chi connectivity index (χ1) is 4.77. The van der Waals surface area contributed by atoms with E-state index in [4.69, 9.17) is 4.21 Å². The van der Waals surface area contributed by atoms with E-state index < -0.39 is 14.9 Å². The summed E-state index contributed by atoms with van der Waals surface area (Å²) in [6, 6.07) is 0. The highest BCUT2D eigenvalue weighted by Gasteiger charge is 2.25. The van der Waals surface area contributed by atoms with Gasteiger partial charge in [-0.15, -0.1) is 0 Å². The van der Waals surface area contributed by atoms with Gasteiger partial charge in [-0.2, -0.15) is 0 Å². The smallest absolute Gasteiger partial charge is 0.245 e. The highest BCUT2D eigenvalue weighted by Crippen LogP contribution is 2.57. The lowest BCUT2D eigenvalue weighted by Gasteiger charge is -2.22. The Kier molecular flexibility index (Phi) is 4.41. The van der Waals surface area contributed by atoms with Crippen LogP contribution < -0.4 is 0 Å². The van der Waals surface area contributed by atoms with Crippen LogP contribution in [0.5, 0.6) is 0 Å². The van der Waals surface area contributed by atoms with Crippen molar-refractivity contribution in [2.45, 2.75) is 26.6 Å². The largest absolute Gasteiger partial charge is 0.363 e. The quantitative estimate of drug-likeness (QED) is 0.527. The van der Waals surface area contributed by atoms with Crippen molar-refractivity contribution in [2.75, 3.05) is 12.4 Å². The highest BCUT2D eigenvalue weighted by molar-refractivity contribution is 8.56. The summed E-state index contributed by atoms with van der Waals surface area (Å²) in [7, 11) is -1.61. The molecular formula is C6H17O2PSSi. The molecule has 0 aliphatic heterocycles. The maximum atomic E-state index is 11.6. The number of hydrogen-bond acceptors (Lipinski definition) is 3. The topological polar surface area (TPSA) is 26.3 Å². The van der Waals surface area contributed by atoms with Gasteiger partial charge in [0.05, 0.1) is 0 Å². The Labute approximate surface area is 74.4 Å². The standard InChI is InChI=1S/C6H17O2PSSi/c1-6-10-9(2,7)8-11(3,4)5/h6H2,1-5H3. The zero-order valence-electron chi connectivity index (χ0n) is 7.88. The van der Waals surface area contributed by atoms with Gasteiger partial charge >= 0.3 is 0 Å². The summed E-state index contributed by atoms with van der Waals surface area (Å²) in [6.07, 6.45) is 0. The van der Waals surface area contributed by atoms with Crippen molar-refractivity contribution in [3.63, 3.8) is 0 Å². The average Bonchev–Trinajstić information content (AvgIpc) is 1.55. The van der Waals surface area contributed by atoms with E-state index in [-0.39, 0.29) is 0 Å². The van der Waals surface area contributed by atoms with Gasteiger partial charge in [-0.3, -0.25) is 4.57 Å². The predicted octanol–water partition coefficient (Wildman–Crippen LogP) is 3.41. The molecule has 0 spiro atoms. The molecule has 0 aromatic heterocycles. The Morgan fingerprint density at radius 3 is 2.18 bits per heavy atom. The van der Waals surface area contributed by atoms with Gasteiger partial charge in [-0.1, -0.05) is 18.3 Å². The first-order valence-electron chi connectivity index (χ1n) is 3.69. The molecule has 0 aromatic rings. The molecule has 68 valence electrons. The maximum Gasteiger partial charge on any atom is 0.245 e. The summed E-state index contributed by atoms with van der Waals surface area (Å²) in [4.78, 5) is 0. The van der Waals surface area contributed by atoms with Gasteiger partial charge in [0, 0.05) is 6.66 Å². The molecule has 0 amide bonds. The first-order valence-corrected chi connectivity index (χ1v) is 10.8. The third kappa shape index (κ3) is 7.13. The molecule has 0 saturated carbocycles. The Bertz CT molecular complexity index is 166. The first kappa shape index (κ1) is 11.8. The molecule has 0 aromatic carbocycles. The summed E-state index contributed by atoms with van der Waals surface area (Å²) in [5, 5.41) is 0. The molecule has 0 aliphatic rings. The minimum atomic E-state index is -2.34. The maximum absolute atomic E-state index is 11.6. The summed E-state index contributed by atoms with van der Waals surface area (Å²) in [6.45, 7) is 7.53. The zero-order valence-corrected chi connectivity index (χ0v) is 10.6. The van der Waals surface area contributed by atoms with Gasteiger partial charge in [0.25, 0.3) is 0 Å². The molecule has 1 atom stereocenters. The van der Waals surface area contributed by atoms with Crippen LogP contribution in [-0.2, 0) is 8.78 Å². The van der Waals surface area contributed by atoms with E-state index in [2.05, 4.69) is 19.6 Å². The number of hydrogen-bond donors (Lipinski definition) is 0. The molecule has 0 bridgehead atoms. The fraction of sp³-hybridized carbons (Fsp3) is 1.00. The summed E-state index contributed by atoms with van der Waals surface area (Å²) in [5.74, 6) is 0.859. The normalized spacial score (nSPS) is 17.9. The lowest BCUT2D eigenvalue weighted by molar-refractivity contribution is 0.505. The van der Waals surface area contributed by atoms with E-state index in [1.807, 2.05) is 6.92 Å². The van der Waals surface area contributed by atoms with Crippen molar-refractivity contribution in [3.8, 4) is 0 Å². The summed E-state index contributed by atoms with van der Waals surface area (Å²) >= 11 is 1.43. The molecule has 1 unspecified atom stereocenters. The Balaban J connectivity index is 4.03. The molecule has 0 aliphatic carbocycles. The predicted molar refractivity (Wildman–Crippen MR) is 56.1 cm³/mol. The second-order valence-corrected chi connectivity index (χ2v) is 13.5. The highest BCUT2D eigenvalue weighted by atomic mass is 32.7. The average molecular weight is 212 g/mol. The van der Waals surface area contributed by atoms with Gasteiger partial charge in [-0.25, -0.2) is 0 Å². The third-order valence-corrected chi connectivity index (χ3v) is 7.90. The Morgan fingerprint density at radius 1 is 1.45 bits per heavy atom. The Morgan fingerprint density at radius 2 is 1.91 bits per heavy atom. The summed E-state index contributed by atoms with van der Waals surface area (Å²) < 4.78 is 17.1. The molecule has 5 heteroatoms. The van der Waals surface area contributed by atoms with Crippen LogP contribution in [0, 0.1) is 0 Å². The van der Waals surface area contributed by atoms with Gasteiger partial charge < -0.3 is 4.21 Å². The lowest BCUT2D eigenvalue weighted by atomic mass is 11.0. The van der Waals surface area contributed by atoms with Crippen LogP contribution in [0.25, 0.3) is 0 Å². The number of rotatable bonds is 4. The molecule has 0 heterocycles. The molecular weight excluding hydrogens is 195 g/mol. The van der Waals surface area contributed by atoms with Crippen LogP contribution in [0.4, 0.5) is 0 Å². The van der Waals surface area contributed by atoms with Gasteiger partial charge in [0.1, 0.15) is 0 Å². The van der Waals surface area contributed by atoms with Gasteiger partial charge in [0.2, 0.25) is 6.57 Å². The van der Waals surface area contributed by atoms with Crippen LogP contribution in [0.1, 0.15) is 6.92 Å². The van der Waals surface area contributed by atoms with Crippen molar-refractivity contribution in [1.82, 2.24) is 0 Å². The molecule has 0 fully saturated rings. The van der Waals surface area contributed by atoms with E-state index in [1.165, 1.54) is 11.4 Å². The van der Waals surface area contributed by atoms with Crippen molar-refractivity contribution in [3.05, 3.63) is 0 Å². The van der Waals surface area contributed by atoms with Crippen LogP contribution in [-0.4, -0.2) is 20.7 Å². The minimum Gasteiger partial charge on any atom is -0.363 e. The van der Waals surface area contributed by atoms with E-state index in [9.17, 15) is 4.57 Å². The van der Waals surface area contributed by atoms with Gasteiger partial charge in [-0.05, 0) is 25.4 Å². The summed E-state index contributed by atoms with van der Waals surface area (Å²) in [5.41, 5.74) is 0. The van der Waals surface area contributed by atoms with Crippen molar-refractivity contribution in [1.29, 1.82) is 0 Å². The fourth-order valence-electron chi connectivity index (χ4n) is 0.758. The monoisotopic (exact) mass is 212 g/mol. The van der Waals surface area contributed by atoms with Crippen molar-refractivity contribution < 1.29 is 8.78 Å². The van der Waals surface area contributed by atoms with Crippen LogP contribution >= 0.6 is 18.0 Å². The second-order valence-electron chi connectivity index (χ2n) is 3.39. The zero-order chi connectivity index (χ0) is 9.12. The SMILES string of the molecule is CCSP(C)(=O)O[Si](C)(C)C. The molecule has 0 radical (unpaired) electrons. The second kappa shape index (κ2) is 4.12. The molecule has 0 rings (SSSR count). The van der Waals surface area contributed by atoms with E-state index in [1.54, 1.807) is 6.66 Å². The van der Waals surface area contributed by atoms with Gasteiger partial charge in [0.15, 0.2) is 8.32 Å². The molecule has 0 saturated heterocycles. The van der Waals surface area contributed by atoms with Crippen molar-refractivity contribution in [2.24, 2.45) is 0 Å². The lowest BCUT2D eigenvalue weighted by Crippen LogP contribution is -2.22.